The van der Waals surface area contributed by atoms with Gasteiger partial charge >= 0.3 is 0 Å². The molecule has 8 nitrogen and oxygen atoms in total. The van der Waals surface area contributed by atoms with Gasteiger partial charge in [0.25, 0.3) is 5.69 Å². The molecule has 124 valence electrons. The van der Waals surface area contributed by atoms with Gasteiger partial charge in [0.05, 0.1) is 21.2 Å². The van der Waals surface area contributed by atoms with Crippen LogP contribution in [-0.2, 0) is 16.4 Å². The van der Waals surface area contributed by atoms with Crippen LogP contribution in [0.25, 0.3) is 0 Å². The van der Waals surface area contributed by atoms with Crippen molar-refractivity contribution < 1.29 is 17.9 Å². The first-order chi connectivity index (χ1) is 10.6. The average Bonchev–Trinajstić information content (AvgIpc) is 2.77. The Balaban J connectivity index is 2.48. The largest absolute Gasteiger partial charge is 0.369 e. The van der Waals surface area contributed by atoms with E-state index < -0.39 is 14.8 Å². The van der Waals surface area contributed by atoms with Gasteiger partial charge in [-0.2, -0.15) is 0 Å². The first kappa shape index (κ1) is 16.9. The lowest BCUT2D eigenvalue weighted by molar-refractivity contribution is -0.385. The molecule has 23 heavy (non-hydrogen) atoms. The third-order valence-corrected chi connectivity index (χ3v) is 4.67. The highest BCUT2D eigenvalue weighted by molar-refractivity contribution is 7.90. The second kappa shape index (κ2) is 5.99. The lowest BCUT2D eigenvalue weighted by Gasteiger charge is -2.21. The summed E-state index contributed by atoms with van der Waals surface area (Å²) < 4.78 is 29.1. The van der Waals surface area contributed by atoms with Crippen molar-refractivity contribution in [2.75, 3.05) is 18.2 Å². The summed E-state index contributed by atoms with van der Waals surface area (Å²) in [6, 6.07) is 3.80. The molecule has 0 atom stereocenters. The molecule has 0 radical (unpaired) electrons. The molecular weight excluding hydrogens is 322 g/mol. The molecule has 0 aliphatic heterocycles. The Hall–Kier alpha value is -2.42. The highest BCUT2D eigenvalue weighted by Gasteiger charge is 2.22. The Kier molecular flexibility index (Phi) is 4.42. The zero-order valence-corrected chi connectivity index (χ0v) is 14.0. The van der Waals surface area contributed by atoms with E-state index in [-0.39, 0.29) is 10.6 Å². The number of hydrogen-bond acceptors (Lipinski definition) is 7. The molecular formula is C14H17N3O5S. The van der Waals surface area contributed by atoms with Gasteiger partial charge in [-0.05, 0) is 19.9 Å². The third-order valence-electron chi connectivity index (χ3n) is 3.54. The van der Waals surface area contributed by atoms with Crippen molar-refractivity contribution in [3.63, 3.8) is 0 Å². The third kappa shape index (κ3) is 3.50. The van der Waals surface area contributed by atoms with Crippen LogP contribution >= 0.6 is 0 Å². The summed E-state index contributed by atoms with van der Waals surface area (Å²) in [5.41, 5.74) is 1.69. The van der Waals surface area contributed by atoms with E-state index >= 15 is 0 Å². The van der Waals surface area contributed by atoms with Crippen LogP contribution < -0.4 is 4.90 Å². The molecule has 1 aromatic carbocycles. The molecule has 2 rings (SSSR count). The fourth-order valence-electron chi connectivity index (χ4n) is 2.28. The first-order valence-electron chi connectivity index (χ1n) is 6.72. The van der Waals surface area contributed by atoms with Gasteiger partial charge < -0.3 is 9.42 Å². The van der Waals surface area contributed by atoms with Gasteiger partial charge in [0, 0.05) is 37.5 Å². The van der Waals surface area contributed by atoms with Gasteiger partial charge in [0.2, 0.25) is 0 Å². The highest BCUT2D eigenvalue weighted by Crippen LogP contribution is 2.30. The van der Waals surface area contributed by atoms with Crippen molar-refractivity contribution in [2.45, 2.75) is 25.3 Å². The summed E-state index contributed by atoms with van der Waals surface area (Å²) in [5.74, 6) is 0.650. The van der Waals surface area contributed by atoms with Crippen LogP contribution in [0.4, 0.5) is 11.4 Å². The molecule has 0 aliphatic rings. The van der Waals surface area contributed by atoms with Crippen LogP contribution in [0.15, 0.2) is 27.6 Å². The van der Waals surface area contributed by atoms with Gasteiger partial charge in [-0.1, -0.05) is 5.16 Å². The van der Waals surface area contributed by atoms with Crippen molar-refractivity contribution in [3.05, 3.63) is 45.3 Å². The zero-order valence-electron chi connectivity index (χ0n) is 13.2. The summed E-state index contributed by atoms with van der Waals surface area (Å²) in [6.45, 7) is 3.95. The number of nitro groups is 1. The minimum Gasteiger partial charge on any atom is -0.369 e. The monoisotopic (exact) mass is 339 g/mol. The quantitative estimate of drug-likeness (QED) is 0.607. The van der Waals surface area contributed by atoms with Crippen molar-refractivity contribution >= 4 is 21.2 Å². The van der Waals surface area contributed by atoms with E-state index in [1.54, 1.807) is 25.8 Å². The normalized spacial score (nSPS) is 11.5. The standard InChI is InChI=1S/C14H17N3O5S/c1-9-12(10(2)22-15-9)8-16(3)13-6-5-11(17(18)19)7-14(13)23(4,20)21/h5-7H,8H2,1-4H3. The van der Waals surface area contributed by atoms with Crippen molar-refractivity contribution in [1.82, 2.24) is 5.16 Å². The predicted molar refractivity (Wildman–Crippen MR) is 84.3 cm³/mol. The predicted octanol–water partition coefficient (Wildman–Crippen LogP) is 2.24. The summed E-state index contributed by atoms with van der Waals surface area (Å²) in [6.07, 6.45) is 1.03. The lowest BCUT2D eigenvalue weighted by Crippen LogP contribution is -2.20. The molecule has 9 heteroatoms. The maximum atomic E-state index is 12.0. The molecule has 2 aromatic rings. The molecule has 0 bridgehead atoms. The lowest BCUT2D eigenvalue weighted by atomic mass is 10.2. The molecule has 0 saturated carbocycles. The Bertz CT molecular complexity index is 838. The topological polar surface area (TPSA) is 107 Å². The minimum absolute atomic E-state index is 0.0824. The number of hydrogen-bond donors (Lipinski definition) is 0. The second-order valence-corrected chi connectivity index (χ2v) is 7.32. The van der Waals surface area contributed by atoms with E-state index in [0.717, 1.165) is 23.6 Å². The molecule has 1 aromatic heterocycles. The Labute approximate surface area is 133 Å². The van der Waals surface area contributed by atoms with Gasteiger partial charge in [-0.3, -0.25) is 10.1 Å². The maximum absolute atomic E-state index is 12.0. The molecule has 1 heterocycles. The molecule has 0 spiro atoms. The number of nitro benzene ring substituents is 1. The number of non-ortho nitro benzene ring substituents is 1. The van der Waals surface area contributed by atoms with E-state index in [9.17, 15) is 18.5 Å². The molecule has 0 aliphatic carbocycles. The summed E-state index contributed by atoms with van der Waals surface area (Å²) in [5, 5.41) is 14.7. The Morgan fingerprint density at radius 1 is 1.35 bits per heavy atom. The van der Waals surface area contributed by atoms with E-state index in [0.29, 0.717) is 18.0 Å². The van der Waals surface area contributed by atoms with Gasteiger partial charge in [0.15, 0.2) is 9.84 Å². The van der Waals surface area contributed by atoms with Crippen molar-refractivity contribution in [1.29, 1.82) is 0 Å². The Morgan fingerprint density at radius 2 is 2.00 bits per heavy atom. The molecule has 0 N–H and O–H groups in total. The average molecular weight is 339 g/mol. The first-order valence-corrected chi connectivity index (χ1v) is 8.61. The smallest absolute Gasteiger partial charge is 0.270 e. The highest BCUT2D eigenvalue weighted by atomic mass is 32.2. The number of sulfone groups is 1. The van der Waals surface area contributed by atoms with Gasteiger partial charge in [-0.25, -0.2) is 8.42 Å². The summed E-state index contributed by atoms with van der Waals surface area (Å²) in [7, 11) is -1.91. The number of nitrogens with zero attached hydrogens (tertiary/aromatic N) is 3. The van der Waals surface area contributed by atoms with Crippen LogP contribution in [0, 0.1) is 24.0 Å². The number of aromatic nitrogens is 1. The summed E-state index contributed by atoms with van der Waals surface area (Å²) >= 11 is 0. The van der Waals surface area contributed by atoms with Crippen molar-refractivity contribution in [3.8, 4) is 0 Å². The van der Waals surface area contributed by atoms with Gasteiger partial charge in [0.1, 0.15) is 5.76 Å². The fourth-order valence-corrected chi connectivity index (χ4v) is 3.22. The number of aryl methyl sites for hydroxylation is 2. The summed E-state index contributed by atoms with van der Waals surface area (Å²) in [4.78, 5) is 11.9. The number of benzene rings is 1. The van der Waals surface area contributed by atoms with Crippen LogP contribution in [-0.4, -0.2) is 31.8 Å². The second-order valence-electron chi connectivity index (χ2n) is 5.34. The van der Waals surface area contributed by atoms with Crippen LogP contribution in [0.2, 0.25) is 0 Å². The fraction of sp³-hybridized carbons (Fsp3) is 0.357. The molecule has 0 fully saturated rings. The van der Waals surface area contributed by atoms with Crippen LogP contribution in [0.1, 0.15) is 17.0 Å². The van der Waals surface area contributed by atoms with Crippen LogP contribution in [0.5, 0.6) is 0 Å². The van der Waals surface area contributed by atoms with Crippen molar-refractivity contribution in [2.24, 2.45) is 0 Å². The SMILES string of the molecule is Cc1noc(C)c1CN(C)c1ccc([N+](=O)[O-])cc1S(C)(=O)=O. The Morgan fingerprint density at radius 3 is 2.48 bits per heavy atom. The van der Waals surface area contributed by atoms with E-state index in [4.69, 9.17) is 4.52 Å². The number of anilines is 1. The maximum Gasteiger partial charge on any atom is 0.270 e. The van der Waals surface area contributed by atoms with Crippen LogP contribution in [0.3, 0.4) is 0 Å². The van der Waals surface area contributed by atoms with Gasteiger partial charge in [-0.15, -0.1) is 0 Å². The van der Waals surface area contributed by atoms with E-state index in [2.05, 4.69) is 5.16 Å². The molecule has 0 saturated heterocycles. The zero-order chi connectivity index (χ0) is 17.4. The number of rotatable bonds is 5. The minimum atomic E-state index is -3.62. The molecule has 0 unspecified atom stereocenters. The van der Waals surface area contributed by atoms with E-state index in [1.165, 1.54) is 12.1 Å². The molecule has 0 amide bonds. The van der Waals surface area contributed by atoms with E-state index in [1.807, 2.05) is 0 Å².